The molecule has 0 saturated heterocycles. The molecule has 0 fully saturated rings. The van der Waals surface area contributed by atoms with Gasteiger partial charge in [0.1, 0.15) is 5.92 Å². The molecule has 0 rings (SSSR count). The summed E-state index contributed by atoms with van der Waals surface area (Å²) in [6.45, 7) is 4.43. The van der Waals surface area contributed by atoms with Crippen molar-refractivity contribution < 1.29 is 9.18 Å². The Bertz CT molecular complexity index is 243. The van der Waals surface area contributed by atoms with Gasteiger partial charge in [-0.3, -0.25) is 10.2 Å². The van der Waals surface area contributed by atoms with E-state index >= 15 is 0 Å². The second-order valence-electron chi connectivity index (χ2n) is 2.23. The Labute approximate surface area is 69.5 Å². The number of carbonyl (C=O) groups is 1. The van der Waals surface area contributed by atoms with Gasteiger partial charge in [-0.2, -0.15) is 4.39 Å². The number of nitrogens with two attached hydrogens (primary N) is 1. The summed E-state index contributed by atoms with van der Waals surface area (Å²) in [7, 11) is 0. The topological polar surface area (TPSA) is 79.3 Å². The second kappa shape index (κ2) is 4.38. The average molecular weight is 171 g/mol. The van der Waals surface area contributed by atoms with Crippen LogP contribution in [0.25, 0.3) is 0 Å². The van der Waals surface area contributed by atoms with Crippen LogP contribution in [-0.4, -0.2) is 18.6 Å². The number of nitrogens with zero attached hydrogens (tertiary/aromatic N) is 1. The number of allylic oxidation sites excluding steroid dienone is 1. The van der Waals surface area contributed by atoms with Crippen molar-refractivity contribution in [1.29, 1.82) is 5.41 Å². The molecule has 1 atom stereocenters. The molecule has 0 aliphatic carbocycles. The van der Waals surface area contributed by atoms with E-state index in [-0.39, 0.29) is 5.70 Å². The third-order valence-corrected chi connectivity index (χ3v) is 1.12. The second-order valence-corrected chi connectivity index (χ2v) is 2.23. The summed E-state index contributed by atoms with van der Waals surface area (Å²) in [5, 5.41) is 6.60. The fourth-order valence-electron chi connectivity index (χ4n) is 0.614. The Kier molecular flexibility index (Phi) is 3.82. The maximum Gasteiger partial charge on any atom is 0.260 e. The fourth-order valence-corrected chi connectivity index (χ4v) is 0.614. The predicted molar refractivity (Wildman–Crippen MR) is 44.8 cm³/mol. The van der Waals surface area contributed by atoms with E-state index in [2.05, 4.69) is 11.7 Å². The Balaban J connectivity index is 4.67. The maximum absolute atomic E-state index is 12.3. The highest BCUT2D eigenvalue weighted by Crippen LogP contribution is 2.06. The first-order valence-electron chi connectivity index (χ1n) is 3.17. The predicted octanol–water partition coefficient (Wildman–Crippen LogP) is 0.639. The van der Waals surface area contributed by atoms with E-state index in [0.29, 0.717) is 0 Å². The number of amides is 1. The highest BCUT2D eigenvalue weighted by Gasteiger charge is 2.19. The molecule has 0 aromatic rings. The van der Waals surface area contributed by atoms with Gasteiger partial charge >= 0.3 is 0 Å². The van der Waals surface area contributed by atoms with E-state index in [1.165, 1.54) is 6.92 Å². The van der Waals surface area contributed by atoms with Crippen molar-refractivity contribution >= 4 is 18.6 Å². The molecule has 0 saturated carbocycles. The monoisotopic (exact) mass is 171 g/mol. The summed E-state index contributed by atoms with van der Waals surface area (Å²) < 4.78 is 12.3. The fraction of sp³-hybridized carbons (Fsp3) is 0.286. The molecule has 0 bridgehead atoms. The molecule has 0 aliphatic heterocycles. The van der Waals surface area contributed by atoms with Crippen molar-refractivity contribution in [2.75, 3.05) is 0 Å². The number of nitrogens with one attached hydrogen (secondary N) is 1. The molecule has 1 amide bonds. The first kappa shape index (κ1) is 10.5. The Morgan fingerprint density at radius 1 is 1.83 bits per heavy atom. The molecular formula is C7H10FN3O. The van der Waals surface area contributed by atoms with Crippen molar-refractivity contribution in [3.8, 4) is 0 Å². The van der Waals surface area contributed by atoms with E-state index in [4.69, 9.17) is 11.1 Å². The van der Waals surface area contributed by atoms with Crippen LogP contribution in [0, 0.1) is 11.3 Å². The van der Waals surface area contributed by atoms with E-state index in [1.807, 2.05) is 0 Å². The molecule has 0 heterocycles. The van der Waals surface area contributed by atoms with Gasteiger partial charge in [-0.15, -0.1) is 0 Å². The number of halogens is 1. The lowest BCUT2D eigenvalue weighted by atomic mass is 10.1. The smallest absolute Gasteiger partial charge is 0.260 e. The minimum absolute atomic E-state index is 0.263. The van der Waals surface area contributed by atoms with Gasteiger partial charge in [0, 0.05) is 5.70 Å². The van der Waals surface area contributed by atoms with Gasteiger partial charge < -0.3 is 5.73 Å². The molecule has 0 aromatic carbocycles. The average Bonchev–Trinajstić information content (AvgIpc) is 1.98. The van der Waals surface area contributed by atoms with Crippen LogP contribution < -0.4 is 5.73 Å². The van der Waals surface area contributed by atoms with Crippen LogP contribution in [0.5, 0.6) is 0 Å². The van der Waals surface area contributed by atoms with Gasteiger partial charge in [0.15, 0.2) is 5.97 Å². The zero-order valence-corrected chi connectivity index (χ0v) is 6.67. The van der Waals surface area contributed by atoms with Gasteiger partial charge in [0.25, 0.3) is 5.91 Å². The molecule has 0 aromatic heterocycles. The van der Waals surface area contributed by atoms with Crippen LogP contribution in [0.4, 0.5) is 4.39 Å². The minimum Gasteiger partial charge on any atom is -0.402 e. The SMILES string of the molecule is C=NC(=O)C(/C=C(\C)N)C(=N)F. The molecule has 1 unspecified atom stereocenters. The van der Waals surface area contributed by atoms with Gasteiger partial charge in [0.05, 0.1) is 0 Å². The lowest BCUT2D eigenvalue weighted by Crippen LogP contribution is -2.17. The molecule has 5 heteroatoms. The van der Waals surface area contributed by atoms with Crippen LogP contribution >= 0.6 is 0 Å². The number of carbonyl (C=O) groups excluding carboxylic acids is 1. The first-order chi connectivity index (χ1) is 5.49. The van der Waals surface area contributed by atoms with Crippen molar-refractivity contribution in [1.82, 2.24) is 0 Å². The van der Waals surface area contributed by atoms with E-state index in [0.717, 1.165) is 6.08 Å². The molecule has 66 valence electrons. The minimum atomic E-state index is -1.31. The van der Waals surface area contributed by atoms with Gasteiger partial charge in [0.2, 0.25) is 0 Å². The largest absolute Gasteiger partial charge is 0.402 e. The standard InChI is InChI=1S/C7H10FN3O/c1-4(9)3-5(6(8)10)7(12)11-2/h3,5,10H,2,9H2,1H3/b4-3+,10-6?. The number of aliphatic imine (C=N–C) groups is 1. The zero-order valence-electron chi connectivity index (χ0n) is 6.67. The summed E-state index contributed by atoms with van der Waals surface area (Å²) in [4.78, 5) is 13.8. The van der Waals surface area contributed by atoms with Crippen molar-refractivity contribution in [3.05, 3.63) is 11.8 Å². The molecule has 4 nitrogen and oxygen atoms in total. The van der Waals surface area contributed by atoms with Crippen molar-refractivity contribution in [3.63, 3.8) is 0 Å². The Morgan fingerprint density at radius 2 is 2.33 bits per heavy atom. The summed E-state index contributed by atoms with van der Waals surface area (Å²) >= 11 is 0. The third-order valence-electron chi connectivity index (χ3n) is 1.12. The van der Waals surface area contributed by atoms with Crippen LogP contribution in [0.1, 0.15) is 6.92 Å². The Morgan fingerprint density at radius 3 is 2.58 bits per heavy atom. The van der Waals surface area contributed by atoms with Crippen LogP contribution in [0.2, 0.25) is 0 Å². The quantitative estimate of drug-likeness (QED) is 0.611. The van der Waals surface area contributed by atoms with Crippen molar-refractivity contribution in [2.45, 2.75) is 6.92 Å². The van der Waals surface area contributed by atoms with Gasteiger partial charge in [-0.1, -0.05) is 0 Å². The molecular weight excluding hydrogens is 161 g/mol. The summed E-state index contributed by atoms with van der Waals surface area (Å²) in [5.74, 6) is -3.41. The van der Waals surface area contributed by atoms with Crippen LogP contribution in [0.15, 0.2) is 16.8 Å². The number of hydrogen-bond donors (Lipinski definition) is 2. The van der Waals surface area contributed by atoms with E-state index in [1.54, 1.807) is 0 Å². The Hall–Kier alpha value is -1.52. The normalized spacial score (nSPS) is 13.7. The molecule has 12 heavy (non-hydrogen) atoms. The molecule has 0 aliphatic rings. The lowest BCUT2D eigenvalue weighted by molar-refractivity contribution is -0.118. The first-order valence-corrected chi connectivity index (χ1v) is 3.17. The summed E-state index contributed by atoms with van der Waals surface area (Å²) in [5.41, 5.74) is 5.47. The third kappa shape index (κ3) is 3.05. The van der Waals surface area contributed by atoms with E-state index in [9.17, 15) is 9.18 Å². The lowest BCUT2D eigenvalue weighted by Gasteiger charge is -2.02. The summed E-state index contributed by atoms with van der Waals surface area (Å²) in [6, 6.07) is 0. The maximum atomic E-state index is 12.3. The summed E-state index contributed by atoms with van der Waals surface area (Å²) in [6.07, 6.45) is 1.12. The number of rotatable bonds is 3. The van der Waals surface area contributed by atoms with Crippen molar-refractivity contribution in [2.24, 2.45) is 16.6 Å². The highest BCUT2D eigenvalue weighted by atomic mass is 19.1. The molecule has 0 radical (unpaired) electrons. The highest BCUT2D eigenvalue weighted by molar-refractivity contribution is 6.02. The van der Waals surface area contributed by atoms with E-state index < -0.39 is 17.8 Å². The van der Waals surface area contributed by atoms with Gasteiger partial charge in [-0.25, -0.2) is 4.99 Å². The molecule has 3 N–H and O–H groups in total. The van der Waals surface area contributed by atoms with Crippen LogP contribution in [-0.2, 0) is 4.79 Å². The molecule has 0 spiro atoms. The van der Waals surface area contributed by atoms with Crippen LogP contribution in [0.3, 0.4) is 0 Å². The number of hydrogen-bond acceptors (Lipinski definition) is 3. The zero-order chi connectivity index (χ0) is 9.72. The van der Waals surface area contributed by atoms with Gasteiger partial charge in [-0.05, 0) is 19.7 Å².